The first kappa shape index (κ1) is 51.6. The quantitative estimate of drug-likeness (QED) is 0.0687. The Morgan fingerprint density at radius 1 is 0.765 bits per heavy atom. The zero-order valence-corrected chi connectivity index (χ0v) is 41.6. The summed E-state index contributed by atoms with van der Waals surface area (Å²) in [5, 5.41) is 9.89. The van der Waals surface area contributed by atoms with Gasteiger partial charge in [-0.25, -0.2) is 14.4 Å². The van der Waals surface area contributed by atoms with Gasteiger partial charge in [0.25, 0.3) is 0 Å². The maximum Gasteiger partial charge on any atom is 0.339 e. The lowest BCUT2D eigenvalue weighted by atomic mass is 9.85. The molecule has 0 spiro atoms. The Bertz CT molecular complexity index is 3040. The van der Waals surface area contributed by atoms with Gasteiger partial charge in [0.1, 0.15) is 27.1 Å². The minimum Gasteiger partial charge on any atom is -0.384 e. The van der Waals surface area contributed by atoms with Gasteiger partial charge in [-0.15, -0.1) is 12.4 Å². The predicted molar refractivity (Wildman–Crippen MR) is 268 cm³/mol. The predicted octanol–water partition coefficient (Wildman–Crippen LogP) is 9.92. The molecule has 4 aromatic carbocycles. The fourth-order valence-corrected chi connectivity index (χ4v) is 10.7. The van der Waals surface area contributed by atoms with Crippen molar-refractivity contribution >= 4 is 104 Å². The van der Waals surface area contributed by atoms with Gasteiger partial charge in [0.2, 0.25) is 11.8 Å². The van der Waals surface area contributed by atoms with Gasteiger partial charge in [-0.1, -0.05) is 35.2 Å². The van der Waals surface area contributed by atoms with Crippen LogP contribution < -0.4 is 24.3 Å². The summed E-state index contributed by atoms with van der Waals surface area (Å²) in [6.45, 7) is 10.4. The highest BCUT2D eigenvalue weighted by molar-refractivity contribution is 7.87. The fourth-order valence-electron chi connectivity index (χ4n) is 7.02. The number of amides is 2. The summed E-state index contributed by atoms with van der Waals surface area (Å²) in [5.41, 5.74) is 3.09. The van der Waals surface area contributed by atoms with Crippen molar-refractivity contribution < 1.29 is 39.2 Å². The maximum absolute atomic E-state index is 13.0. The maximum atomic E-state index is 13.0. The monoisotopic (exact) mass is 1020 g/mol. The van der Waals surface area contributed by atoms with E-state index in [9.17, 15) is 30.8 Å². The molecular weight excluding hydrogens is 973 g/mol. The van der Waals surface area contributed by atoms with E-state index in [1.165, 1.54) is 34.8 Å². The Kier molecular flexibility index (Phi) is 17.5. The molecule has 0 atom stereocenters. The number of nitrogens with one attached hydrogen (secondary N) is 3. The van der Waals surface area contributed by atoms with E-state index in [0.717, 1.165) is 72.6 Å². The molecule has 8 rings (SSSR count). The lowest BCUT2D eigenvalue weighted by Gasteiger charge is -2.30. The van der Waals surface area contributed by atoms with Gasteiger partial charge in [-0.3, -0.25) is 19.5 Å². The number of rotatable bonds is 18. The topological polar surface area (TPSA) is 199 Å². The summed E-state index contributed by atoms with van der Waals surface area (Å²) in [4.78, 5) is 39.5. The van der Waals surface area contributed by atoms with Crippen LogP contribution in [0.25, 0.3) is 20.4 Å². The molecule has 0 radical (unpaired) electrons. The van der Waals surface area contributed by atoms with E-state index in [2.05, 4.69) is 63.5 Å². The molecule has 1 fully saturated rings. The molecule has 1 aliphatic carbocycles. The first-order chi connectivity index (χ1) is 32.0. The molecule has 7 aromatic rings. The first-order valence-electron chi connectivity index (χ1n) is 21.6. The fraction of sp³-hybridized carbons (Fsp3) is 0.298. The number of benzene rings is 4. The van der Waals surface area contributed by atoms with Crippen LogP contribution in [0.1, 0.15) is 58.9 Å². The molecule has 21 heteroatoms. The molecule has 3 N–H and O–H groups in total. The largest absolute Gasteiger partial charge is 0.384 e. The summed E-state index contributed by atoms with van der Waals surface area (Å²) < 4.78 is 75.4. The lowest BCUT2D eigenvalue weighted by molar-refractivity contribution is -0.122. The van der Waals surface area contributed by atoms with Crippen molar-refractivity contribution in [3.05, 3.63) is 121 Å². The van der Waals surface area contributed by atoms with Gasteiger partial charge in [0.15, 0.2) is 10.3 Å². The van der Waals surface area contributed by atoms with Gasteiger partial charge in [0, 0.05) is 67.7 Å². The lowest BCUT2D eigenvalue weighted by Crippen LogP contribution is -2.40. The SMILES string of the molecule is CC(C)N(CCNc1ccc(S(=O)(=O)Oc2ccc3nc(NC(=O)C4CCC4)sc3c2)cc1)C(C)C.Cl.O=C(CCc1cccnc1)Nc1nc2ccc(OS(=O)(=O)c3ccc(F)cc3)cc2s1. The van der Waals surface area contributed by atoms with E-state index < -0.39 is 26.1 Å². The van der Waals surface area contributed by atoms with Crippen molar-refractivity contribution in [2.75, 3.05) is 29.0 Å². The number of fused-ring (bicyclic) bond motifs is 2. The van der Waals surface area contributed by atoms with Crippen molar-refractivity contribution in [2.45, 2.75) is 81.7 Å². The molecule has 360 valence electrons. The van der Waals surface area contributed by atoms with Crippen LogP contribution in [-0.4, -0.2) is 73.7 Å². The third-order valence-corrected chi connectivity index (χ3v) is 15.1. The van der Waals surface area contributed by atoms with Crippen LogP contribution in [0.5, 0.6) is 11.5 Å². The average molecular weight is 1020 g/mol. The number of anilines is 3. The van der Waals surface area contributed by atoms with Crippen LogP contribution in [0.15, 0.2) is 119 Å². The molecule has 68 heavy (non-hydrogen) atoms. The van der Waals surface area contributed by atoms with E-state index in [1.807, 2.05) is 12.1 Å². The van der Waals surface area contributed by atoms with E-state index >= 15 is 0 Å². The molecule has 3 heterocycles. The number of carbonyl (C=O) groups is 2. The van der Waals surface area contributed by atoms with Gasteiger partial charge < -0.3 is 24.3 Å². The number of thiazole rings is 2. The Morgan fingerprint density at radius 2 is 1.31 bits per heavy atom. The van der Waals surface area contributed by atoms with E-state index in [4.69, 9.17) is 8.37 Å². The van der Waals surface area contributed by atoms with Gasteiger partial charge >= 0.3 is 20.2 Å². The zero-order valence-electron chi connectivity index (χ0n) is 37.5. The zero-order chi connectivity index (χ0) is 47.7. The third-order valence-electron chi connectivity index (χ3n) is 10.7. The summed E-state index contributed by atoms with van der Waals surface area (Å²) in [5.74, 6) is -0.368. The molecule has 2 amide bonds. The molecular formula is C47H51ClFN7O8S4. The standard InChI is InChI=1S/C26H34N4O4S2.C21H16FN3O4S2.ClH/c1-17(2)30(18(3)4)15-14-27-20-8-11-22(12-9-20)36(32,33)34-21-10-13-23-24(16-21)35-26(28-23)29-25(31)19-6-5-7-19;22-15-4-7-17(8-5-15)31(27,28)29-16-6-9-18-19(12-16)30-21(24-18)25-20(26)10-3-14-2-1-11-23-13-14;/h8-13,16-19,27H,5-7,14-15H2,1-4H3,(H,28,29,31);1-2,4-9,11-13H,3,10H2,(H,24,25,26);1H. The number of nitrogens with zero attached hydrogens (tertiary/aromatic N) is 4. The highest BCUT2D eigenvalue weighted by Gasteiger charge is 2.26. The molecule has 0 aliphatic heterocycles. The number of hydrogen-bond acceptors (Lipinski definition) is 15. The van der Waals surface area contributed by atoms with Crippen LogP contribution >= 0.6 is 35.1 Å². The Labute approximate surface area is 409 Å². The Morgan fingerprint density at radius 3 is 1.81 bits per heavy atom. The molecule has 3 aromatic heterocycles. The highest BCUT2D eigenvalue weighted by atomic mass is 35.5. The Hall–Kier alpha value is -5.77. The molecule has 1 aliphatic rings. The second-order valence-corrected chi connectivity index (χ2v) is 21.4. The number of halogens is 2. The van der Waals surface area contributed by atoms with Crippen molar-refractivity contribution in [1.29, 1.82) is 0 Å². The van der Waals surface area contributed by atoms with E-state index in [0.29, 0.717) is 44.5 Å². The summed E-state index contributed by atoms with van der Waals surface area (Å²) in [6.07, 6.45) is 7.15. The van der Waals surface area contributed by atoms with Gasteiger partial charge in [-0.05, 0) is 131 Å². The van der Waals surface area contributed by atoms with Crippen molar-refractivity contribution in [1.82, 2.24) is 19.9 Å². The van der Waals surface area contributed by atoms with Gasteiger partial charge in [-0.2, -0.15) is 16.8 Å². The van der Waals surface area contributed by atoms with E-state index in [-0.39, 0.29) is 57.9 Å². The smallest absolute Gasteiger partial charge is 0.339 e. The van der Waals surface area contributed by atoms with Crippen LogP contribution in [0.2, 0.25) is 0 Å². The molecule has 1 saturated carbocycles. The number of carbonyl (C=O) groups excluding carboxylic acids is 2. The van der Waals surface area contributed by atoms with Crippen LogP contribution in [0.4, 0.5) is 20.3 Å². The van der Waals surface area contributed by atoms with Crippen molar-refractivity contribution in [3.63, 3.8) is 0 Å². The molecule has 0 saturated heterocycles. The van der Waals surface area contributed by atoms with Gasteiger partial charge in [0.05, 0.1) is 20.4 Å². The highest BCUT2D eigenvalue weighted by Crippen LogP contribution is 2.34. The average Bonchev–Trinajstić information content (AvgIpc) is 3.86. The number of hydrogen-bond donors (Lipinski definition) is 3. The summed E-state index contributed by atoms with van der Waals surface area (Å²) in [7, 11) is -8.10. The Balaban J connectivity index is 0.000000223. The normalized spacial score (nSPS) is 12.8. The van der Waals surface area contributed by atoms with Crippen LogP contribution in [0, 0.1) is 11.7 Å². The summed E-state index contributed by atoms with van der Waals surface area (Å²) >= 11 is 2.50. The van der Waals surface area contributed by atoms with Crippen molar-refractivity contribution in [2.24, 2.45) is 5.92 Å². The summed E-state index contributed by atoms with van der Waals surface area (Å²) in [6, 6.07) is 25.1. The number of aryl methyl sites for hydroxylation is 1. The second-order valence-electron chi connectivity index (χ2n) is 16.2. The molecule has 15 nitrogen and oxygen atoms in total. The first-order valence-corrected chi connectivity index (χ1v) is 26.0. The second kappa shape index (κ2) is 23.0. The van der Waals surface area contributed by atoms with E-state index in [1.54, 1.807) is 60.9 Å². The minimum absolute atomic E-state index is 0. The van der Waals surface area contributed by atoms with Crippen LogP contribution in [0.3, 0.4) is 0 Å². The number of aromatic nitrogens is 3. The van der Waals surface area contributed by atoms with Crippen molar-refractivity contribution in [3.8, 4) is 11.5 Å². The number of pyridine rings is 1. The molecule has 0 unspecified atom stereocenters. The minimum atomic E-state index is -4.10. The van der Waals surface area contributed by atoms with Crippen LogP contribution in [-0.2, 0) is 36.2 Å². The third kappa shape index (κ3) is 13.9. The molecule has 0 bridgehead atoms.